The van der Waals surface area contributed by atoms with E-state index in [4.69, 9.17) is 9.47 Å². The van der Waals surface area contributed by atoms with E-state index in [0.717, 1.165) is 54.3 Å². The number of nitrogens with one attached hydrogen (secondary N) is 2. The molecule has 1 aliphatic carbocycles. The smallest absolute Gasteiger partial charge is 0.341 e. The zero-order chi connectivity index (χ0) is 32.6. The highest BCUT2D eigenvalue weighted by molar-refractivity contribution is 7.99. The fourth-order valence-corrected chi connectivity index (χ4v) is 7.18. The molecule has 2 aromatic heterocycles. The number of rotatable bonds is 12. The molecular formula is C31H32N6O7S2. The Hall–Kier alpha value is -4.76. The van der Waals surface area contributed by atoms with Gasteiger partial charge in [-0.1, -0.05) is 30.3 Å². The number of ether oxygens (including phenoxy) is 2. The summed E-state index contributed by atoms with van der Waals surface area (Å²) in [6.45, 7) is 1.95. The minimum atomic E-state index is -0.501. The number of hydrogen-bond donors (Lipinski definition) is 2. The highest BCUT2D eigenvalue weighted by Crippen LogP contribution is 2.38. The van der Waals surface area contributed by atoms with Gasteiger partial charge >= 0.3 is 5.97 Å². The summed E-state index contributed by atoms with van der Waals surface area (Å²) >= 11 is 2.52. The summed E-state index contributed by atoms with van der Waals surface area (Å²) in [5.74, 6) is -0.502. The molecule has 0 saturated heterocycles. The predicted octanol–water partition coefficient (Wildman–Crippen LogP) is 5.35. The van der Waals surface area contributed by atoms with Crippen LogP contribution in [0.3, 0.4) is 0 Å². The number of nitrogens with zero attached hydrogens (tertiary/aromatic N) is 4. The molecule has 0 unspecified atom stereocenters. The van der Waals surface area contributed by atoms with Crippen molar-refractivity contribution in [1.29, 1.82) is 0 Å². The second-order valence-corrected chi connectivity index (χ2v) is 12.3. The number of non-ortho nitro benzene ring substituents is 1. The first kappa shape index (κ1) is 32.6. The number of esters is 1. The van der Waals surface area contributed by atoms with Crippen molar-refractivity contribution in [2.75, 3.05) is 24.8 Å². The molecule has 5 rings (SSSR count). The largest absolute Gasteiger partial charge is 0.496 e. The van der Waals surface area contributed by atoms with Crippen LogP contribution in [-0.2, 0) is 28.9 Å². The molecule has 2 amide bonds. The van der Waals surface area contributed by atoms with Crippen LogP contribution in [0, 0.1) is 10.1 Å². The number of para-hydroxylation sites is 1. The van der Waals surface area contributed by atoms with E-state index in [9.17, 15) is 24.5 Å². The van der Waals surface area contributed by atoms with E-state index >= 15 is 0 Å². The van der Waals surface area contributed by atoms with Crippen molar-refractivity contribution in [2.24, 2.45) is 0 Å². The second-order valence-electron chi connectivity index (χ2n) is 10.2. The molecule has 240 valence electrons. The van der Waals surface area contributed by atoms with Crippen molar-refractivity contribution in [2.45, 2.75) is 50.7 Å². The normalized spacial score (nSPS) is 12.5. The second kappa shape index (κ2) is 15.0. The van der Waals surface area contributed by atoms with E-state index < -0.39 is 16.8 Å². The minimum Gasteiger partial charge on any atom is -0.496 e. The molecule has 13 nitrogen and oxygen atoms in total. The topological polar surface area (TPSA) is 168 Å². The van der Waals surface area contributed by atoms with E-state index in [-0.39, 0.29) is 30.5 Å². The lowest BCUT2D eigenvalue weighted by Gasteiger charge is -2.12. The van der Waals surface area contributed by atoms with Crippen LogP contribution in [-0.4, -0.2) is 56.9 Å². The first-order valence-electron chi connectivity index (χ1n) is 14.6. The van der Waals surface area contributed by atoms with Crippen LogP contribution in [0.5, 0.6) is 5.75 Å². The summed E-state index contributed by atoms with van der Waals surface area (Å²) in [6.07, 6.45) is 4.70. The number of anilines is 1. The summed E-state index contributed by atoms with van der Waals surface area (Å²) in [5, 5.41) is 26.3. The molecule has 15 heteroatoms. The number of thiophene rings is 1. The van der Waals surface area contributed by atoms with Crippen LogP contribution in [0.2, 0.25) is 0 Å². The molecule has 0 bridgehead atoms. The predicted molar refractivity (Wildman–Crippen MR) is 173 cm³/mol. The first-order valence-corrected chi connectivity index (χ1v) is 16.5. The maximum atomic E-state index is 13.2. The number of carbonyl (C=O) groups excluding carboxylic acids is 3. The Labute approximate surface area is 272 Å². The monoisotopic (exact) mass is 664 g/mol. The Morgan fingerprint density at radius 3 is 2.57 bits per heavy atom. The molecule has 4 aromatic rings. The molecule has 0 saturated carbocycles. The lowest BCUT2D eigenvalue weighted by Crippen LogP contribution is -2.25. The van der Waals surface area contributed by atoms with Gasteiger partial charge in [0.2, 0.25) is 5.91 Å². The Morgan fingerprint density at radius 1 is 1.07 bits per heavy atom. The SMILES string of the molecule is CCOC(=O)c1c(NC(=O)CSc2nnc(CNC(=O)c3ccccc3OC)n2-c2ccc([N+](=O)[O-])cc2)sc2c1CCCCC2. The highest BCUT2D eigenvalue weighted by atomic mass is 32.2. The molecular weight excluding hydrogens is 633 g/mol. The third kappa shape index (κ3) is 7.37. The average molecular weight is 665 g/mol. The van der Waals surface area contributed by atoms with Crippen molar-refractivity contribution in [3.05, 3.63) is 86.0 Å². The van der Waals surface area contributed by atoms with Crippen molar-refractivity contribution in [3.63, 3.8) is 0 Å². The third-order valence-electron chi connectivity index (χ3n) is 7.26. The quantitative estimate of drug-likeness (QED) is 0.0662. The van der Waals surface area contributed by atoms with Gasteiger partial charge in [-0.15, -0.1) is 21.5 Å². The van der Waals surface area contributed by atoms with E-state index in [2.05, 4.69) is 20.8 Å². The number of nitro groups is 1. The van der Waals surface area contributed by atoms with Gasteiger partial charge in [0.25, 0.3) is 11.6 Å². The van der Waals surface area contributed by atoms with Gasteiger partial charge in [0.1, 0.15) is 10.8 Å². The highest BCUT2D eigenvalue weighted by Gasteiger charge is 2.27. The molecule has 1 aliphatic rings. The summed E-state index contributed by atoms with van der Waals surface area (Å²) in [6, 6.07) is 12.6. The van der Waals surface area contributed by atoms with Gasteiger partial charge in [-0.2, -0.15) is 0 Å². The minimum absolute atomic E-state index is 0.0305. The molecule has 2 heterocycles. The van der Waals surface area contributed by atoms with Crippen LogP contribution in [0.1, 0.15) is 63.2 Å². The summed E-state index contributed by atoms with van der Waals surface area (Å²) < 4.78 is 12.2. The fraction of sp³-hybridized carbons (Fsp3) is 0.323. The van der Waals surface area contributed by atoms with E-state index in [0.29, 0.717) is 38.5 Å². The number of nitro benzene ring substituents is 1. The zero-order valence-electron chi connectivity index (χ0n) is 25.2. The molecule has 2 N–H and O–H groups in total. The molecule has 0 spiro atoms. The number of benzene rings is 2. The summed E-state index contributed by atoms with van der Waals surface area (Å²) in [7, 11) is 1.47. The van der Waals surface area contributed by atoms with Gasteiger partial charge in [0.05, 0.1) is 42.1 Å². The molecule has 0 atom stereocenters. The molecule has 0 aliphatic heterocycles. The molecule has 0 radical (unpaired) electrons. The van der Waals surface area contributed by atoms with Gasteiger partial charge in [0.15, 0.2) is 11.0 Å². The number of carbonyl (C=O) groups is 3. The lowest BCUT2D eigenvalue weighted by molar-refractivity contribution is -0.384. The van der Waals surface area contributed by atoms with Crippen LogP contribution < -0.4 is 15.4 Å². The summed E-state index contributed by atoms with van der Waals surface area (Å²) in [4.78, 5) is 50.9. The number of aryl methyl sites for hydroxylation is 1. The fourth-order valence-electron chi connectivity index (χ4n) is 5.12. The van der Waals surface area contributed by atoms with E-state index in [1.807, 2.05) is 0 Å². The van der Waals surface area contributed by atoms with Crippen LogP contribution in [0.4, 0.5) is 10.7 Å². The number of thioether (sulfide) groups is 1. The maximum absolute atomic E-state index is 13.2. The Morgan fingerprint density at radius 2 is 1.83 bits per heavy atom. The van der Waals surface area contributed by atoms with Gasteiger partial charge in [-0.3, -0.25) is 24.3 Å². The number of hydrogen-bond acceptors (Lipinski definition) is 11. The molecule has 2 aromatic carbocycles. The Balaban J connectivity index is 1.36. The maximum Gasteiger partial charge on any atom is 0.341 e. The van der Waals surface area contributed by atoms with Crippen molar-refractivity contribution >= 4 is 51.6 Å². The molecule has 46 heavy (non-hydrogen) atoms. The standard InChI is InChI=1S/C31H32N6O7S2/c1-3-44-30(40)27-22-10-5-4-6-12-24(22)46-29(27)33-26(38)18-45-31-35-34-25(36(31)19-13-15-20(16-14-19)37(41)42)17-32-28(39)21-9-7-8-11-23(21)43-2/h7-9,11,13-16H,3-6,10,12,17-18H2,1-2H3,(H,32,39)(H,33,38). The van der Waals surface area contributed by atoms with Crippen molar-refractivity contribution < 1.29 is 28.8 Å². The van der Waals surface area contributed by atoms with E-state index in [1.165, 1.54) is 30.6 Å². The average Bonchev–Trinajstić information content (AvgIpc) is 3.54. The Kier molecular flexibility index (Phi) is 10.6. The lowest BCUT2D eigenvalue weighted by atomic mass is 10.1. The number of amides is 2. The number of aromatic nitrogens is 3. The van der Waals surface area contributed by atoms with Crippen molar-refractivity contribution in [3.8, 4) is 11.4 Å². The van der Waals surface area contributed by atoms with Gasteiger partial charge in [-0.25, -0.2) is 4.79 Å². The van der Waals surface area contributed by atoms with Gasteiger partial charge in [0, 0.05) is 22.7 Å². The van der Waals surface area contributed by atoms with Gasteiger partial charge in [-0.05, 0) is 62.4 Å². The first-order chi connectivity index (χ1) is 22.3. The number of methoxy groups -OCH3 is 1. The summed E-state index contributed by atoms with van der Waals surface area (Å²) in [5.41, 5.74) is 2.14. The van der Waals surface area contributed by atoms with Gasteiger partial charge < -0.3 is 20.1 Å². The third-order valence-corrected chi connectivity index (χ3v) is 9.40. The number of fused-ring (bicyclic) bond motifs is 1. The van der Waals surface area contributed by atoms with Crippen molar-refractivity contribution in [1.82, 2.24) is 20.1 Å². The van der Waals surface area contributed by atoms with E-state index in [1.54, 1.807) is 47.9 Å². The van der Waals surface area contributed by atoms with Crippen LogP contribution in [0.15, 0.2) is 53.7 Å². The Bertz CT molecular complexity index is 1750. The van der Waals surface area contributed by atoms with Crippen LogP contribution >= 0.6 is 23.1 Å². The zero-order valence-corrected chi connectivity index (χ0v) is 26.9. The molecule has 0 fully saturated rings. The van der Waals surface area contributed by atoms with Crippen LogP contribution in [0.25, 0.3) is 5.69 Å².